The van der Waals surface area contributed by atoms with Crippen molar-refractivity contribution < 1.29 is 4.39 Å². The van der Waals surface area contributed by atoms with Crippen LogP contribution in [-0.2, 0) is 0 Å². The largest absolute Gasteiger partial charge is 0.351 e. The maximum absolute atomic E-state index is 13.5. The highest BCUT2D eigenvalue weighted by Crippen LogP contribution is 2.32. The lowest BCUT2D eigenvalue weighted by Crippen LogP contribution is -2.26. The number of H-pyrrole nitrogens is 1. The van der Waals surface area contributed by atoms with E-state index in [1.54, 1.807) is 45.9 Å². The van der Waals surface area contributed by atoms with Crippen molar-refractivity contribution in [3.05, 3.63) is 77.0 Å². The van der Waals surface area contributed by atoms with Gasteiger partial charge in [-0.1, -0.05) is 0 Å². The van der Waals surface area contributed by atoms with Gasteiger partial charge in [-0.2, -0.15) is 5.10 Å². The molecule has 1 aliphatic rings. The number of nitrogens with one attached hydrogen (secondary N) is 2. The predicted octanol–water partition coefficient (Wildman–Crippen LogP) is 4.68. The van der Waals surface area contributed by atoms with Gasteiger partial charge in [-0.05, 0) is 75.9 Å². The van der Waals surface area contributed by atoms with Gasteiger partial charge >= 0.3 is 5.69 Å². The summed E-state index contributed by atoms with van der Waals surface area (Å²) in [5.41, 5.74) is 2.86. The van der Waals surface area contributed by atoms with Crippen molar-refractivity contribution in [1.29, 1.82) is 0 Å². The summed E-state index contributed by atoms with van der Waals surface area (Å²) in [6.45, 7) is 3.90. The zero-order valence-electron chi connectivity index (χ0n) is 19.3. The molecule has 0 bridgehead atoms. The number of rotatable bonds is 6. The fourth-order valence-corrected chi connectivity index (χ4v) is 4.65. The molecule has 0 aliphatic heterocycles. The Hall–Kier alpha value is -3.75. The number of hydrogen-bond donors (Lipinski definition) is 2. The second-order valence-electron chi connectivity index (χ2n) is 9.08. The predicted molar refractivity (Wildman–Crippen MR) is 129 cm³/mol. The van der Waals surface area contributed by atoms with E-state index in [1.165, 1.54) is 17.8 Å². The summed E-state index contributed by atoms with van der Waals surface area (Å²) in [5, 5.41) is 10.6. The van der Waals surface area contributed by atoms with Crippen LogP contribution in [0.1, 0.15) is 57.2 Å². The smallest absolute Gasteiger partial charge is 0.333 e. The molecule has 0 radical (unpaired) electrons. The number of benzene rings is 1. The first-order valence-electron chi connectivity index (χ1n) is 11.7. The van der Waals surface area contributed by atoms with Crippen molar-refractivity contribution in [2.24, 2.45) is 0 Å². The number of imidazole rings is 1. The van der Waals surface area contributed by atoms with Crippen LogP contribution in [0.15, 0.2) is 59.8 Å². The molecule has 176 valence electrons. The molecule has 0 unspecified atom stereocenters. The van der Waals surface area contributed by atoms with E-state index in [4.69, 9.17) is 4.98 Å². The van der Waals surface area contributed by atoms with Crippen molar-refractivity contribution >= 4 is 5.95 Å². The summed E-state index contributed by atoms with van der Waals surface area (Å²) in [4.78, 5) is 22.3. The van der Waals surface area contributed by atoms with Crippen molar-refractivity contribution in [2.75, 3.05) is 5.32 Å². The summed E-state index contributed by atoms with van der Waals surface area (Å²) in [5.74, 6) is 0.698. The minimum Gasteiger partial charge on any atom is -0.351 e. The molecule has 5 rings (SSSR count). The van der Waals surface area contributed by atoms with Crippen molar-refractivity contribution in [3.8, 4) is 17.1 Å². The molecular weight excluding hydrogens is 433 g/mol. The summed E-state index contributed by atoms with van der Waals surface area (Å²) in [6.07, 6.45) is 9.48. The summed E-state index contributed by atoms with van der Waals surface area (Å²) < 4.78 is 16.7. The molecule has 1 aromatic carbocycles. The molecule has 0 atom stereocenters. The Bertz CT molecular complexity index is 1300. The van der Waals surface area contributed by atoms with Crippen LogP contribution in [0.25, 0.3) is 17.1 Å². The van der Waals surface area contributed by atoms with E-state index in [9.17, 15) is 9.18 Å². The van der Waals surface area contributed by atoms with Gasteiger partial charge in [0.25, 0.3) is 0 Å². The maximum Gasteiger partial charge on any atom is 0.333 e. The van der Waals surface area contributed by atoms with Gasteiger partial charge in [0.2, 0.25) is 5.95 Å². The summed E-state index contributed by atoms with van der Waals surface area (Å²) in [7, 11) is 0. The zero-order chi connectivity index (χ0) is 23.7. The van der Waals surface area contributed by atoms with Crippen molar-refractivity contribution in [2.45, 2.75) is 57.5 Å². The van der Waals surface area contributed by atoms with Gasteiger partial charge in [0, 0.05) is 42.3 Å². The first kappa shape index (κ1) is 22.1. The average molecular weight is 462 g/mol. The van der Waals surface area contributed by atoms with E-state index in [1.807, 2.05) is 13.8 Å². The molecule has 0 amide bonds. The topological polar surface area (TPSA) is 93.4 Å². The molecule has 1 fully saturated rings. The molecule has 3 aromatic heterocycles. The molecular formula is C25H28FN7O. The Balaban J connectivity index is 1.40. The molecule has 2 N–H and O–H groups in total. The minimum atomic E-state index is -0.350. The van der Waals surface area contributed by atoms with Crippen LogP contribution < -0.4 is 11.0 Å². The summed E-state index contributed by atoms with van der Waals surface area (Å²) in [6, 6.07) is 10.0. The molecule has 0 spiro atoms. The van der Waals surface area contributed by atoms with Gasteiger partial charge in [-0.15, -0.1) is 0 Å². The summed E-state index contributed by atoms with van der Waals surface area (Å²) >= 11 is 0. The van der Waals surface area contributed by atoms with Gasteiger partial charge in [-0.25, -0.2) is 19.2 Å². The Morgan fingerprint density at radius 3 is 2.50 bits per heavy atom. The number of halogens is 1. The molecule has 8 nitrogen and oxygen atoms in total. The van der Waals surface area contributed by atoms with E-state index in [2.05, 4.69) is 26.6 Å². The van der Waals surface area contributed by atoms with Gasteiger partial charge in [0.1, 0.15) is 5.82 Å². The van der Waals surface area contributed by atoms with Crippen molar-refractivity contribution in [3.63, 3.8) is 0 Å². The standard InChI is InChI=1S/C25H28FN7O/c1-16(2)32-15-23(33(25(32)34)20-9-5-18(26)6-10-20)22-11-13-27-24(30-22)29-19-7-3-17(4-8-19)21-12-14-28-31-21/h5-6,9-17,19H,3-4,7-8H2,1-2H3,(H,28,31)(H,27,29,30). The Morgan fingerprint density at radius 1 is 1.06 bits per heavy atom. The monoisotopic (exact) mass is 461 g/mol. The molecule has 34 heavy (non-hydrogen) atoms. The zero-order valence-corrected chi connectivity index (χ0v) is 19.3. The van der Waals surface area contributed by atoms with E-state index in [0.717, 1.165) is 25.7 Å². The Labute approximate surface area is 196 Å². The number of anilines is 1. The highest BCUT2D eigenvalue weighted by atomic mass is 19.1. The second kappa shape index (κ2) is 9.24. The molecule has 1 aliphatic carbocycles. The van der Waals surface area contributed by atoms with Crippen LogP contribution in [0.3, 0.4) is 0 Å². The molecule has 9 heteroatoms. The third-order valence-corrected chi connectivity index (χ3v) is 6.50. The van der Waals surface area contributed by atoms with Gasteiger partial charge < -0.3 is 5.32 Å². The van der Waals surface area contributed by atoms with E-state index in [-0.39, 0.29) is 23.6 Å². The van der Waals surface area contributed by atoms with Crippen LogP contribution >= 0.6 is 0 Å². The highest BCUT2D eigenvalue weighted by Gasteiger charge is 2.24. The average Bonchev–Trinajstić information content (AvgIpc) is 3.49. The lowest BCUT2D eigenvalue weighted by Gasteiger charge is -2.28. The van der Waals surface area contributed by atoms with Crippen molar-refractivity contribution in [1.82, 2.24) is 29.3 Å². The Morgan fingerprint density at radius 2 is 1.82 bits per heavy atom. The SMILES string of the molecule is CC(C)n1cc(-c2ccnc(NC3CCC(c4ccn[nH]4)CC3)n2)n(-c2ccc(F)cc2)c1=O. The second-order valence-corrected chi connectivity index (χ2v) is 9.08. The van der Waals surface area contributed by atoms with Gasteiger partial charge in [-0.3, -0.25) is 14.2 Å². The fraction of sp³-hybridized carbons (Fsp3) is 0.360. The number of aromatic amines is 1. The van der Waals surface area contributed by atoms with Crippen LogP contribution in [-0.4, -0.2) is 35.3 Å². The number of aromatic nitrogens is 6. The van der Waals surface area contributed by atoms with Gasteiger partial charge in [0.15, 0.2) is 0 Å². The van der Waals surface area contributed by atoms with E-state index < -0.39 is 0 Å². The number of nitrogens with zero attached hydrogens (tertiary/aromatic N) is 5. The van der Waals surface area contributed by atoms with Crippen LogP contribution in [0.4, 0.5) is 10.3 Å². The minimum absolute atomic E-state index is 0.0302. The lowest BCUT2D eigenvalue weighted by atomic mass is 9.84. The highest BCUT2D eigenvalue weighted by molar-refractivity contribution is 5.59. The fourth-order valence-electron chi connectivity index (χ4n) is 4.65. The van der Waals surface area contributed by atoms with Crippen LogP contribution in [0.2, 0.25) is 0 Å². The molecule has 1 saturated carbocycles. The molecule has 3 heterocycles. The van der Waals surface area contributed by atoms with E-state index >= 15 is 0 Å². The van der Waals surface area contributed by atoms with E-state index in [0.29, 0.717) is 28.9 Å². The quantitative estimate of drug-likeness (QED) is 0.435. The molecule has 0 saturated heterocycles. The third kappa shape index (κ3) is 4.37. The number of hydrogen-bond acceptors (Lipinski definition) is 5. The maximum atomic E-state index is 13.5. The first-order chi connectivity index (χ1) is 16.5. The molecule has 4 aromatic rings. The Kier molecular flexibility index (Phi) is 6.00. The van der Waals surface area contributed by atoms with Gasteiger partial charge in [0.05, 0.1) is 17.1 Å². The first-order valence-corrected chi connectivity index (χ1v) is 11.7. The van der Waals surface area contributed by atoms with Crippen LogP contribution in [0.5, 0.6) is 0 Å². The van der Waals surface area contributed by atoms with Crippen LogP contribution in [0, 0.1) is 5.82 Å². The lowest BCUT2D eigenvalue weighted by molar-refractivity contribution is 0.405. The normalized spacial score (nSPS) is 18.4. The third-order valence-electron chi connectivity index (χ3n) is 6.50.